The second-order valence-electron chi connectivity index (χ2n) is 4.65. The SMILES string of the molecule is CCOc1cc(/C=C/C(=O)OCc2cccnc2)ccc1OC. The topological polar surface area (TPSA) is 57.7 Å². The van der Waals surface area contributed by atoms with E-state index in [4.69, 9.17) is 14.2 Å². The van der Waals surface area contributed by atoms with E-state index in [1.54, 1.807) is 37.7 Å². The van der Waals surface area contributed by atoms with Gasteiger partial charge in [-0.2, -0.15) is 0 Å². The molecule has 5 heteroatoms. The standard InChI is InChI=1S/C18H19NO4/c1-3-22-17-11-14(6-8-16(17)21-2)7-9-18(20)23-13-15-5-4-10-19-12-15/h4-12H,3,13H2,1-2H3/b9-7+. The number of pyridine rings is 1. The largest absolute Gasteiger partial charge is 0.493 e. The van der Waals surface area contributed by atoms with E-state index in [2.05, 4.69) is 4.98 Å². The highest BCUT2D eigenvalue weighted by Crippen LogP contribution is 2.28. The highest BCUT2D eigenvalue weighted by molar-refractivity contribution is 5.87. The van der Waals surface area contributed by atoms with Gasteiger partial charge in [-0.15, -0.1) is 0 Å². The molecule has 0 aliphatic heterocycles. The van der Waals surface area contributed by atoms with E-state index >= 15 is 0 Å². The number of ether oxygens (including phenoxy) is 3. The molecule has 1 heterocycles. The maximum atomic E-state index is 11.7. The van der Waals surface area contributed by atoms with Gasteiger partial charge in [0.1, 0.15) is 6.61 Å². The van der Waals surface area contributed by atoms with Crippen molar-refractivity contribution < 1.29 is 19.0 Å². The molecular formula is C18H19NO4. The minimum absolute atomic E-state index is 0.198. The van der Waals surface area contributed by atoms with Crippen LogP contribution in [0, 0.1) is 0 Å². The Bertz CT molecular complexity index is 668. The summed E-state index contributed by atoms with van der Waals surface area (Å²) in [5.41, 5.74) is 1.67. The number of hydrogen-bond acceptors (Lipinski definition) is 5. The van der Waals surface area contributed by atoms with Gasteiger partial charge in [0, 0.05) is 24.0 Å². The molecule has 0 aliphatic rings. The van der Waals surface area contributed by atoms with Crippen LogP contribution in [0.2, 0.25) is 0 Å². The fourth-order valence-corrected chi connectivity index (χ4v) is 1.92. The van der Waals surface area contributed by atoms with Crippen molar-refractivity contribution in [3.63, 3.8) is 0 Å². The number of benzene rings is 1. The summed E-state index contributed by atoms with van der Waals surface area (Å²) in [7, 11) is 1.59. The summed E-state index contributed by atoms with van der Waals surface area (Å²) in [6.45, 7) is 2.64. The van der Waals surface area contributed by atoms with Crippen LogP contribution < -0.4 is 9.47 Å². The zero-order valence-corrected chi connectivity index (χ0v) is 13.2. The second-order valence-corrected chi connectivity index (χ2v) is 4.65. The Morgan fingerprint density at radius 2 is 2.13 bits per heavy atom. The lowest BCUT2D eigenvalue weighted by molar-refractivity contribution is -0.138. The summed E-state index contributed by atoms with van der Waals surface area (Å²) in [4.78, 5) is 15.7. The van der Waals surface area contributed by atoms with Gasteiger partial charge in [-0.25, -0.2) is 4.79 Å². The third-order valence-electron chi connectivity index (χ3n) is 3.00. The molecule has 0 unspecified atom stereocenters. The number of carbonyl (C=O) groups excluding carboxylic acids is 1. The number of carbonyl (C=O) groups is 1. The van der Waals surface area contributed by atoms with Crippen molar-refractivity contribution in [2.75, 3.05) is 13.7 Å². The molecule has 5 nitrogen and oxygen atoms in total. The third-order valence-corrected chi connectivity index (χ3v) is 3.00. The first-order chi connectivity index (χ1) is 11.2. The molecule has 0 bridgehead atoms. The molecular weight excluding hydrogens is 294 g/mol. The van der Waals surface area contributed by atoms with Crippen LogP contribution in [-0.4, -0.2) is 24.7 Å². The van der Waals surface area contributed by atoms with E-state index in [1.807, 2.05) is 25.1 Å². The lowest BCUT2D eigenvalue weighted by Crippen LogP contribution is -2.01. The zero-order valence-electron chi connectivity index (χ0n) is 13.2. The summed E-state index contributed by atoms with van der Waals surface area (Å²) < 4.78 is 15.9. The number of nitrogens with zero attached hydrogens (tertiary/aromatic N) is 1. The van der Waals surface area contributed by atoms with Gasteiger partial charge in [-0.05, 0) is 36.8 Å². The third kappa shape index (κ3) is 5.14. The van der Waals surface area contributed by atoms with Crippen LogP contribution in [0.25, 0.3) is 6.08 Å². The van der Waals surface area contributed by atoms with E-state index in [1.165, 1.54) is 6.08 Å². The van der Waals surface area contributed by atoms with Crippen LogP contribution in [0.5, 0.6) is 11.5 Å². The number of methoxy groups -OCH3 is 1. The Labute approximate surface area is 135 Å². The van der Waals surface area contributed by atoms with Crippen molar-refractivity contribution in [3.05, 3.63) is 59.9 Å². The first-order valence-electron chi connectivity index (χ1n) is 7.27. The molecule has 1 aromatic heterocycles. The van der Waals surface area contributed by atoms with Gasteiger partial charge in [-0.3, -0.25) is 4.98 Å². The van der Waals surface area contributed by atoms with Gasteiger partial charge in [0.15, 0.2) is 11.5 Å². The number of esters is 1. The van der Waals surface area contributed by atoms with E-state index in [9.17, 15) is 4.79 Å². The summed E-state index contributed by atoms with van der Waals surface area (Å²) >= 11 is 0. The first-order valence-corrected chi connectivity index (χ1v) is 7.27. The van der Waals surface area contributed by atoms with Crippen LogP contribution in [0.3, 0.4) is 0 Å². The monoisotopic (exact) mass is 313 g/mol. The Balaban J connectivity index is 1.96. The number of rotatable bonds is 7. The Morgan fingerprint density at radius 3 is 2.83 bits per heavy atom. The number of aromatic nitrogens is 1. The van der Waals surface area contributed by atoms with Crippen LogP contribution in [0.1, 0.15) is 18.1 Å². The smallest absolute Gasteiger partial charge is 0.331 e. The molecule has 2 aromatic rings. The second kappa shape index (κ2) is 8.58. The van der Waals surface area contributed by atoms with Crippen LogP contribution in [0.4, 0.5) is 0 Å². The number of hydrogen-bond donors (Lipinski definition) is 0. The van der Waals surface area contributed by atoms with Crippen LogP contribution >= 0.6 is 0 Å². The minimum atomic E-state index is -0.414. The Kier molecular flexibility index (Phi) is 6.17. The highest BCUT2D eigenvalue weighted by atomic mass is 16.5. The van der Waals surface area contributed by atoms with Gasteiger partial charge in [0.05, 0.1) is 13.7 Å². The minimum Gasteiger partial charge on any atom is -0.493 e. The van der Waals surface area contributed by atoms with Crippen molar-refractivity contribution in [2.24, 2.45) is 0 Å². The first kappa shape index (κ1) is 16.5. The maximum absolute atomic E-state index is 11.7. The summed E-state index contributed by atoms with van der Waals surface area (Å²) in [5.74, 6) is 0.881. The molecule has 0 amide bonds. The van der Waals surface area contributed by atoms with Crippen molar-refractivity contribution in [2.45, 2.75) is 13.5 Å². The summed E-state index contributed by atoms with van der Waals surface area (Å²) in [6.07, 6.45) is 6.39. The van der Waals surface area contributed by atoms with E-state index in [-0.39, 0.29) is 6.61 Å². The molecule has 23 heavy (non-hydrogen) atoms. The van der Waals surface area contributed by atoms with Crippen LogP contribution in [-0.2, 0) is 16.1 Å². The molecule has 0 aliphatic carbocycles. The maximum Gasteiger partial charge on any atom is 0.331 e. The lowest BCUT2D eigenvalue weighted by atomic mass is 10.2. The van der Waals surface area contributed by atoms with Gasteiger partial charge in [0.25, 0.3) is 0 Å². The van der Waals surface area contributed by atoms with Gasteiger partial charge in [-0.1, -0.05) is 12.1 Å². The van der Waals surface area contributed by atoms with Crippen molar-refractivity contribution in [3.8, 4) is 11.5 Å². The molecule has 0 saturated heterocycles. The molecule has 1 aromatic carbocycles. The molecule has 0 spiro atoms. The fraction of sp³-hybridized carbons (Fsp3) is 0.222. The van der Waals surface area contributed by atoms with E-state index in [0.717, 1.165) is 11.1 Å². The molecule has 0 atom stereocenters. The van der Waals surface area contributed by atoms with Gasteiger partial charge < -0.3 is 14.2 Å². The molecule has 0 saturated carbocycles. The van der Waals surface area contributed by atoms with Crippen LogP contribution in [0.15, 0.2) is 48.8 Å². The zero-order chi connectivity index (χ0) is 16.5. The average Bonchev–Trinajstić information content (AvgIpc) is 2.59. The quantitative estimate of drug-likeness (QED) is 0.580. The molecule has 2 rings (SSSR count). The average molecular weight is 313 g/mol. The molecule has 0 N–H and O–H groups in total. The predicted octanol–water partition coefficient (Wildman–Crippen LogP) is 3.25. The Morgan fingerprint density at radius 1 is 1.26 bits per heavy atom. The van der Waals surface area contributed by atoms with Crippen molar-refractivity contribution >= 4 is 12.0 Å². The van der Waals surface area contributed by atoms with Gasteiger partial charge >= 0.3 is 5.97 Å². The lowest BCUT2D eigenvalue weighted by Gasteiger charge is -2.09. The van der Waals surface area contributed by atoms with E-state index < -0.39 is 5.97 Å². The molecule has 0 fully saturated rings. The fourth-order valence-electron chi connectivity index (χ4n) is 1.92. The highest BCUT2D eigenvalue weighted by Gasteiger charge is 2.04. The molecule has 120 valence electrons. The van der Waals surface area contributed by atoms with Crippen molar-refractivity contribution in [1.82, 2.24) is 4.98 Å². The summed E-state index contributed by atoms with van der Waals surface area (Å²) in [6, 6.07) is 9.10. The Hall–Kier alpha value is -2.82. The predicted molar refractivity (Wildman–Crippen MR) is 87.2 cm³/mol. The molecule has 0 radical (unpaired) electrons. The van der Waals surface area contributed by atoms with E-state index in [0.29, 0.717) is 18.1 Å². The van der Waals surface area contributed by atoms with Gasteiger partial charge in [0.2, 0.25) is 0 Å². The summed E-state index contributed by atoms with van der Waals surface area (Å²) in [5, 5.41) is 0. The van der Waals surface area contributed by atoms with Crippen molar-refractivity contribution in [1.29, 1.82) is 0 Å². The normalized spacial score (nSPS) is 10.5.